The fraction of sp³-hybridized carbons (Fsp3) is 0.250. The van der Waals surface area contributed by atoms with Crippen molar-refractivity contribution in [3.8, 4) is 0 Å². The van der Waals surface area contributed by atoms with Crippen molar-refractivity contribution >= 4 is 16.9 Å². The maximum atomic E-state index is 5.96. The fourth-order valence-electron chi connectivity index (χ4n) is 2.58. The molecular weight excluding hydrogens is 248 g/mol. The molecule has 1 aromatic carbocycles. The molecule has 2 heterocycles. The Labute approximate surface area is 118 Å². The number of nitrogens with two attached hydrogens (primary N) is 1. The Bertz CT molecular complexity index is 744. The quantitative estimate of drug-likeness (QED) is 0.766. The summed E-state index contributed by atoms with van der Waals surface area (Å²) in [5.74, 6) is 1.40. The van der Waals surface area contributed by atoms with Crippen molar-refractivity contribution in [1.29, 1.82) is 0 Å². The van der Waals surface area contributed by atoms with Crippen LogP contribution in [0.15, 0.2) is 30.3 Å². The first kappa shape index (κ1) is 12.7. The summed E-state index contributed by atoms with van der Waals surface area (Å²) in [6.45, 7) is 3.94. The molecule has 3 rings (SSSR count). The molecule has 0 aliphatic rings. The van der Waals surface area contributed by atoms with Crippen molar-refractivity contribution in [2.75, 3.05) is 5.73 Å². The highest BCUT2D eigenvalue weighted by atomic mass is 15.0. The minimum Gasteiger partial charge on any atom is -0.382 e. The fourth-order valence-corrected chi connectivity index (χ4v) is 2.58. The first-order valence-electron chi connectivity index (χ1n) is 6.80. The Morgan fingerprint density at radius 3 is 2.55 bits per heavy atom. The topological polar surface area (TPSA) is 67.6 Å². The first-order valence-corrected chi connectivity index (χ1v) is 6.80. The maximum Gasteiger partial charge on any atom is 0.149 e. The van der Waals surface area contributed by atoms with E-state index in [1.165, 1.54) is 11.1 Å². The van der Waals surface area contributed by atoms with Gasteiger partial charge in [-0.05, 0) is 32.3 Å². The minimum atomic E-state index is 0.529. The van der Waals surface area contributed by atoms with Gasteiger partial charge in [-0.3, -0.25) is 0 Å². The van der Waals surface area contributed by atoms with Gasteiger partial charge in [0.1, 0.15) is 17.2 Å². The molecule has 4 nitrogen and oxygen atoms in total. The van der Waals surface area contributed by atoms with Crippen molar-refractivity contribution in [2.45, 2.75) is 26.7 Å². The lowest BCUT2D eigenvalue weighted by atomic mass is 10.0. The normalized spacial score (nSPS) is 11.1. The third-order valence-corrected chi connectivity index (χ3v) is 3.60. The van der Waals surface area contributed by atoms with Crippen molar-refractivity contribution in [3.63, 3.8) is 0 Å². The summed E-state index contributed by atoms with van der Waals surface area (Å²) in [6, 6.07) is 10.5. The average molecular weight is 266 g/mol. The molecule has 0 bridgehead atoms. The number of H-pyrrole nitrogens is 1. The third kappa shape index (κ3) is 2.25. The summed E-state index contributed by atoms with van der Waals surface area (Å²) in [6.07, 6.45) is 1.90. The number of nitrogens with zero attached hydrogens (tertiary/aromatic N) is 2. The lowest BCUT2D eigenvalue weighted by Gasteiger charge is -2.08. The molecule has 0 fully saturated rings. The van der Waals surface area contributed by atoms with E-state index in [0.717, 1.165) is 35.4 Å². The van der Waals surface area contributed by atoms with E-state index in [9.17, 15) is 0 Å². The standard InChI is InChI=1S/C16H18N4/c1-10-13(9-8-12-6-4-3-5-7-12)14-15(16(17)18-10)20-11(2)19-14/h3-7H,8-9H2,1-2H3,(H2,17,18)(H,19,20). The van der Waals surface area contributed by atoms with Crippen LogP contribution in [0.2, 0.25) is 0 Å². The van der Waals surface area contributed by atoms with E-state index in [0.29, 0.717) is 5.82 Å². The van der Waals surface area contributed by atoms with Gasteiger partial charge in [-0.15, -0.1) is 0 Å². The molecule has 0 unspecified atom stereocenters. The second kappa shape index (κ2) is 4.96. The molecule has 2 aromatic heterocycles. The van der Waals surface area contributed by atoms with E-state index >= 15 is 0 Å². The molecule has 102 valence electrons. The van der Waals surface area contributed by atoms with Crippen LogP contribution in [0.1, 0.15) is 22.6 Å². The van der Waals surface area contributed by atoms with Crippen molar-refractivity contribution < 1.29 is 0 Å². The van der Waals surface area contributed by atoms with Crippen molar-refractivity contribution in [2.24, 2.45) is 0 Å². The number of rotatable bonds is 3. The van der Waals surface area contributed by atoms with E-state index < -0.39 is 0 Å². The van der Waals surface area contributed by atoms with Gasteiger partial charge in [-0.2, -0.15) is 0 Å². The lowest BCUT2D eigenvalue weighted by molar-refractivity contribution is 0.940. The van der Waals surface area contributed by atoms with Gasteiger partial charge in [0.25, 0.3) is 0 Å². The van der Waals surface area contributed by atoms with Crippen LogP contribution < -0.4 is 5.73 Å². The molecule has 4 heteroatoms. The zero-order valence-electron chi connectivity index (χ0n) is 11.8. The Kier molecular flexibility index (Phi) is 3.14. The molecular formula is C16H18N4. The molecule has 0 radical (unpaired) electrons. The summed E-state index contributed by atoms with van der Waals surface area (Å²) in [5.41, 5.74) is 11.3. The lowest BCUT2D eigenvalue weighted by Crippen LogP contribution is -2.02. The van der Waals surface area contributed by atoms with Gasteiger partial charge >= 0.3 is 0 Å². The van der Waals surface area contributed by atoms with Crippen LogP contribution in [-0.2, 0) is 12.8 Å². The number of hydrogen-bond acceptors (Lipinski definition) is 3. The summed E-state index contributed by atoms with van der Waals surface area (Å²) in [5, 5.41) is 0. The largest absolute Gasteiger partial charge is 0.382 e. The van der Waals surface area contributed by atoms with Gasteiger partial charge < -0.3 is 10.7 Å². The molecule has 0 saturated heterocycles. The van der Waals surface area contributed by atoms with Crippen LogP contribution in [0.4, 0.5) is 5.82 Å². The number of aromatic amines is 1. The number of anilines is 1. The van der Waals surface area contributed by atoms with E-state index in [4.69, 9.17) is 5.73 Å². The first-order chi connectivity index (χ1) is 9.65. The highest BCUT2D eigenvalue weighted by Crippen LogP contribution is 2.24. The maximum absolute atomic E-state index is 5.96. The SMILES string of the molecule is Cc1nc2c(CCc3ccccc3)c(C)nc(N)c2[nH]1. The zero-order chi connectivity index (χ0) is 14.1. The van der Waals surface area contributed by atoms with Gasteiger partial charge in [-0.25, -0.2) is 9.97 Å². The highest BCUT2D eigenvalue weighted by molar-refractivity contribution is 5.88. The Morgan fingerprint density at radius 2 is 1.80 bits per heavy atom. The van der Waals surface area contributed by atoms with E-state index in [2.05, 4.69) is 39.2 Å². The summed E-state index contributed by atoms with van der Waals surface area (Å²) in [7, 11) is 0. The molecule has 20 heavy (non-hydrogen) atoms. The number of aryl methyl sites for hydroxylation is 4. The molecule has 3 aromatic rings. The monoisotopic (exact) mass is 266 g/mol. The van der Waals surface area contributed by atoms with E-state index in [1.807, 2.05) is 19.9 Å². The van der Waals surface area contributed by atoms with Crippen LogP contribution in [0.3, 0.4) is 0 Å². The molecule has 0 saturated carbocycles. The smallest absolute Gasteiger partial charge is 0.149 e. The van der Waals surface area contributed by atoms with Crippen LogP contribution in [-0.4, -0.2) is 15.0 Å². The molecule has 0 aliphatic carbocycles. The van der Waals surface area contributed by atoms with Crippen LogP contribution >= 0.6 is 0 Å². The number of benzene rings is 1. The minimum absolute atomic E-state index is 0.529. The molecule has 0 aliphatic heterocycles. The molecule has 0 spiro atoms. The highest BCUT2D eigenvalue weighted by Gasteiger charge is 2.13. The Hall–Kier alpha value is -2.36. The second-order valence-corrected chi connectivity index (χ2v) is 5.09. The van der Waals surface area contributed by atoms with Crippen molar-refractivity contribution in [1.82, 2.24) is 15.0 Å². The number of fused-ring (bicyclic) bond motifs is 1. The molecule has 0 amide bonds. The predicted octanol–water partition coefficient (Wildman–Crippen LogP) is 2.94. The Balaban J connectivity index is 1.98. The molecule has 3 N–H and O–H groups in total. The van der Waals surface area contributed by atoms with Crippen LogP contribution in [0.25, 0.3) is 11.0 Å². The van der Waals surface area contributed by atoms with Gasteiger partial charge in [0, 0.05) is 11.3 Å². The zero-order valence-corrected chi connectivity index (χ0v) is 11.8. The number of nitrogens with one attached hydrogen (secondary N) is 1. The Morgan fingerprint density at radius 1 is 1.05 bits per heavy atom. The van der Waals surface area contributed by atoms with Gasteiger partial charge in [-0.1, -0.05) is 30.3 Å². The molecule has 0 atom stereocenters. The van der Waals surface area contributed by atoms with Crippen LogP contribution in [0.5, 0.6) is 0 Å². The number of pyridine rings is 1. The predicted molar refractivity (Wildman–Crippen MR) is 81.6 cm³/mol. The number of hydrogen-bond donors (Lipinski definition) is 2. The van der Waals surface area contributed by atoms with E-state index in [-0.39, 0.29) is 0 Å². The van der Waals surface area contributed by atoms with Gasteiger partial charge in [0.05, 0.1) is 5.52 Å². The third-order valence-electron chi connectivity index (χ3n) is 3.60. The van der Waals surface area contributed by atoms with Crippen LogP contribution in [0, 0.1) is 13.8 Å². The van der Waals surface area contributed by atoms with Gasteiger partial charge in [0.15, 0.2) is 0 Å². The average Bonchev–Trinajstić information content (AvgIpc) is 2.82. The summed E-state index contributed by atoms with van der Waals surface area (Å²) >= 11 is 0. The van der Waals surface area contributed by atoms with E-state index in [1.54, 1.807) is 0 Å². The summed E-state index contributed by atoms with van der Waals surface area (Å²) < 4.78 is 0. The number of imidazole rings is 1. The van der Waals surface area contributed by atoms with Gasteiger partial charge in [0.2, 0.25) is 0 Å². The summed E-state index contributed by atoms with van der Waals surface area (Å²) in [4.78, 5) is 12.2. The number of nitrogen functional groups attached to an aromatic ring is 1. The second-order valence-electron chi connectivity index (χ2n) is 5.09. The number of aromatic nitrogens is 3. The van der Waals surface area contributed by atoms with Crippen molar-refractivity contribution in [3.05, 3.63) is 53.0 Å².